The Kier molecular flexibility index (Phi) is 51.0. The lowest BCUT2D eigenvalue weighted by Crippen LogP contribution is -2.30. The van der Waals surface area contributed by atoms with Gasteiger partial charge in [-0.05, 0) is 116 Å². The third-order valence-electron chi connectivity index (χ3n) is 11.0. The summed E-state index contributed by atoms with van der Waals surface area (Å²) in [6.07, 6.45) is 74.6. The summed E-state index contributed by atoms with van der Waals surface area (Å²) in [4.78, 5) is 38.1. The highest BCUT2D eigenvalue weighted by Crippen LogP contribution is 2.13. The van der Waals surface area contributed by atoms with E-state index in [-0.39, 0.29) is 37.5 Å². The summed E-state index contributed by atoms with van der Waals surface area (Å²) in [6, 6.07) is 0. The number of allylic oxidation sites excluding steroid dienone is 20. The van der Waals surface area contributed by atoms with Crippen LogP contribution in [0.15, 0.2) is 122 Å². The molecule has 1 atom stereocenters. The lowest BCUT2D eigenvalue weighted by atomic mass is 10.1. The Bertz CT molecular complexity index is 1440. The fraction of sp³-hybridized carbons (Fsp3) is 0.623. The number of carbonyl (C=O) groups is 3. The van der Waals surface area contributed by atoms with E-state index in [1.54, 1.807) is 0 Å². The smallest absolute Gasteiger partial charge is 0.306 e. The van der Waals surface area contributed by atoms with Crippen LogP contribution in [-0.4, -0.2) is 37.2 Å². The minimum absolute atomic E-state index is 0.106. The van der Waals surface area contributed by atoms with E-state index in [2.05, 4.69) is 142 Å². The molecule has 0 aliphatic rings. The van der Waals surface area contributed by atoms with Crippen molar-refractivity contribution in [1.82, 2.24) is 0 Å². The van der Waals surface area contributed by atoms with Crippen molar-refractivity contribution in [2.75, 3.05) is 13.2 Å². The molecular formula is C61H98O6. The molecule has 0 heterocycles. The Morgan fingerprint density at radius 2 is 0.642 bits per heavy atom. The average Bonchev–Trinajstić information content (AvgIpc) is 3.33. The summed E-state index contributed by atoms with van der Waals surface area (Å²) in [5.74, 6) is -0.977. The van der Waals surface area contributed by atoms with Gasteiger partial charge < -0.3 is 14.2 Å². The van der Waals surface area contributed by atoms with Crippen LogP contribution in [0.4, 0.5) is 0 Å². The van der Waals surface area contributed by atoms with Gasteiger partial charge in [0.25, 0.3) is 0 Å². The molecule has 6 heteroatoms. The number of carbonyl (C=O) groups excluding carboxylic acids is 3. The molecule has 0 amide bonds. The topological polar surface area (TPSA) is 78.9 Å². The molecule has 0 aliphatic heterocycles. The van der Waals surface area contributed by atoms with Crippen LogP contribution in [0.5, 0.6) is 0 Å². The number of ether oxygens (including phenoxy) is 3. The highest BCUT2D eigenvalue weighted by molar-refractivity contribution is 5.71. The lowest BCUT2D eigenvalue weighted by molar-refractivity contribution is -0.167. The number of hydrogen-bond donors (Lipinski definition) is 0. The minimum Gasteiger partial charge on any atom is -0.462 e. The first-order valence-corrected chi connectivity index (χ1v) is 27.1. The highest BCUT2D eigenvalue weighted by Gasteiger charge is 2.19. The molecular weight excluding hydrogens is 829 g/mol. The fourth-order valence-electron chi connectivity index (χ4n) is 6.94. The van der Waals surface area contributed by atoms with Crippen molar-refractivity contribution in [2.45, 2.75) is 232 Å². The van der Waals surface area contributed by atoms with Crippen LogP contribution < -0.4 is 0 Å². The Morgan fingerprint density at radius 3 is 1.07 bits per heavy atom. The van der Waals surface area contributed by atoms with Gasteiger partial charge in [0.15, 0.2) is 6.10 Å². The number of rotatable bonds is 47. The molecule has 67 heavy (non-hydrogen) atoms. The quantitative estimate of drug-likeness (QED) is 0.0199. The first-order valence-electron chi connectivity index (χ1n) is 27.1. The van der Waals surface area contributed by atoms with E-state index >= 15 is 0 Å². The van der Waals surface area contributed by atoms with Crippen LogP contribution in [0, 0.1) is 0 Å². The third kappa shape index (κ3) is 52.6. The summed E-state index contributed by atoms with van der Waals surface area (Å²) in [7, 11) is 0. The Hall–Kier alpha value is -4.19. The van der Waals surface area contributed by atoms with Crippen LogP contribution in [0.3, 0.4) is 0 Å². The summed E-state index contributed by atoms with van der Waals surface area (Å²) in [5.41, 5.74) is 0. The maximum absolute atomic E-state index is 12.8. The van der Waals surface area contributed by atoms with E-state index in [9.17, 15) is 14.4 Å². The van der Waals surface area contributed by atoms with E-state index in [0.29, 0.717) is 12.8 Å². The molecule has 0 spiro atoms. The molecule has 0 saturated carbocycles. The zero-order valence-corrected chi connectivity index (χ0v) is 43.1. The predicted octanol–water partition coefficient (Wildman–Crippen LogP) is 18.1. The van der Waals surface area contributed by atoms with E-state index in [0.717, 1.165) is 135 Å². The second kappa shape index (κ2) is 54.4. The third-order valence-corrected chi connectivity index (χ3v) is 11.0. The predicted molar refractivity (Wildman–Crippen MR) is 288 cm³/mol. The minimum atomic E-state index is -0.811. The van der Waals surface area contributed by atoms with Gasteiger partial charge in [0.05, 0.1) is 0 Å². The van der Waals surface area contributed by atoms with Crippen molar-refractivity contribution >= 4 is 17.9 Å². The standard InChI is InChI=1S/C61H98O6/c1-4-7-10-13-16-19-22-25-27-29-31-33-34-36-39-42-45-48-51-54-60(63)66-57-58(56-65-59(62)53-50-47-44-41-38-24-21-18-15-12-9-6-3)67-61(64)55-52-49-46-43-40-37-35-32-30-28-26-23-20-17-14-11-8-5-2/h7,10,16-21,23,25-28,30-33,35-36,39,58H,4-6,8-9,11-15,22,24,29,34,37-38,40-57H2,1-3H3/b10-7-,19-16-,20-17-,21-18-,26-23-,27-25-,30-28-,33-31-,35-32-,39-36-. The molecule has 0 aromatic carbocycles. The molecule has 1 unspecified atom stereocenters. The van der Waals surface area contributed by atoms with E-state index < -0.39 is 6.10 Å². The Labute approximate surface area is 412 Å². The van der Waals surface area contributed by atoms with Crippen LogP contribution in [-0.2, 0) is 28.6 Å². The summed E-state index contributed by atoms with van der Waals surface area (Å²) >= 11 is 0. The summed E-state index contributed by atoms with van der Waals surface area (Å²) in [5, 5.41) is 0. The second-order valence-electron chi connectivity index (χ2n) is 17.5. The van der Waals surface area contributed by atoms with E-state index in [4.69, 9.17) is 14.2 Å². The lowest BCUT2D eigenvalue weighted by Gasteiger charge is -2.18. The average molecular weight is 927 g/mol. The van der Waals surface area contributed by atoms with Gasteiger partial charge in [-0.2, -0.15) is 0 Å². The molecule has 378 valence electrons. The van der Waals surface area contributed by atoms with Crippen molar-refractivity contribution in [2.24, 2.45) is 0 Å². The number of esters is 3. The first kappa shape index (κ1) is 62.8. The maximum atomic E-state index is 12.8. The van der Waals surface area contributed by atoms with Crippen LogP contribution in [0.25, 0.3) is 0 Å². The van der Waals surface area contributed by atoms with Crippen molar-refractivity contribution in [3.63, 3.8) is 0 Å². The molecule has 0 radical (unpaired) electrons. The van der Waals surface area contributed by atoms with E-state index in [1.807, 2.05) is 0 Å². The zero-order chi connectivity index (χ0) is 48.6. The molecule has 6 nitrogen and oxygen atoms in total. The summed E-state index contributed by atoms with van der Waals surface area (Å²) in [6.45, 7) is 6.39. The van der Waals surface area contributed by atoms with Gasteiger partial charge in [-0.15, -0.1) is 0 Å². The van der Waals surface area contributed by atoms with Gasteiger partial charge in [-0.1, -0.05) is 213 Å². The van der Waals surface area contributed by atoms with Crippen molar-refractivity contribution in [3.8, 4) is 0 Å². The maximum Gasteiger partial charge on any atom is 0.306 e. The van der Waals surface area contributed by atoms with Crippen LogP contribution in [0.1, 0.15) is 226 Å². The largest absolute Gasteiger partial charge is 0.462 e. The monoisotopic (exact) mass is 927 g/mol. The van der Waals surface area contributed by atoms with Gasteiger partial charge in [-0.3, -0.25) is 14.4 Å². The van der Waals surface area contributed by atoms with E-state index in [1.165, 1.54) is 51.4 Å². The van der Waals surface area contributed by atoms with Crippen LogP contribution in [0.2, 0.25) is 0 Å². The van der Waals surface area contributed by atoms with Gasteiger partial charge in [0, 0.05) is 19.3 Å². The molecule has 0 bridgehead atoms. The van der Waals surface area contributed by atoms with Crippen molar-refractivity contribution in [3.05, 3.63) is 122 Å². The number of hydrogen-bond acceptors (Lipinski definition) is 6. The fourth-order valence-corrected chi connectivity index (χ4v) is 6.94. The van der Waals surface area contributed by atoms with Crippen molar-refractivity contribution < 1.29 is 28.6 Å². The molecule has 0 rings (SSSR count). The van der Waals surface area contributed by atoms with Crippen LogP contribution >= 0.6 is 0 Å². The molecule has 0 fully saturated rings. The molecule has 0 N–H and O–H groups in total. The highest BCUT2D eigenvalue weighted by atomic mass is 16.6. The van der Waals surface area contributed by atoms with Gasteiger partial charge in [0.1, 0.15) is 13.2 Å². The van der Waals surface area contributed by atoms with Gasteiger partial charge in [-0.25, -0.2) is 0 Å². The van der Waals surface area contributed by atoms with Gasteiger partial charge >= 0.3 is 17.9 Å². The normalized spacial score (nSPS) is 13.1. The Balaban J connectivity index is 4.52. The zero-order valence-electron chi connectivity index (χ0n) is 43.1. The Morgan fingerprint density at radius 1 is 0.328 bits per heavy atom. The van der Waals surface area contributed by atoms with Gasteiger partial charge in [0.2, 0.25) is 0 Å². The SMILES string of the molecule is CC/C=C\C/C=C\C/C=C\C/C=C\C/C=C\CCCCCC(=O)OCC(COC(=O)CCCCCCC/C=C\CCCCC)OC(=O)CCCCCCC\C=C/C=C\C=C/C=C\CCCCC. The molecule has 0 aliphatic carbocycles. The molecule has 0 aromatic rings. The number of unbranched alkanes of at least 4 members (excludes halogenated alkanes) is 19. The van der Waals surface area contributed by atoms with Crippen molar-refractivity contribution in [1.29, 1.82) is 0 Å². The first-order chi connectivity index (χ1) is 33.0. The summed E-state index contributed by atoms with van der Waals surface area (Å²) < 4.78 is 16.8. The molecule has 0 aromatic heterocycles. The second-order valence-corrected chi connectivity index (χ2v) is 17.5. The molecule has 0 saturated heterocycles.